The van der Waals surface area contributed by atoms with Crippen molar-refractivity contribution < 1.29 is 0 Å². The summed E-state index contributed by atoms with van der Waals surface area (Å²) in [6.45, 7) is 6.60. The van der Waals surface area contributed by atoms with E-state index in [1.807, 2.05) is 0 Å². The van der Waals surface area contributed by atoms with Gasteiger partial charge in [-0.05, 0) is 52.4 Å². The number of hydrogen-bond donors (Lipinski definition) is 0. The lowest BCUT2D eigenvalue weighted by Gasteiger charge is -2.18. The van der Waals surface area contributed by atoms with E-state index in [0.29, 0.717) is 0 Å². The molecule has 0 spiro atoms. The average molecular weight is 190 g/mol. The fourth-order valence-electron chi connectivity index (χ4n) is 1.85. The minimum atomic E-state index is 0.811. The Hall–Kier alpha value is -0.780. The lowest BCUT2D eigenvalue weighted by molar-refractivity contribution is 0.551. The second-order valence-corrected chi connectivity index (χ2v) is 4.45. The first-order valence-electron chi connectivity index (χ1n) is 5.65. The first-order chi connectivity index (χ1) is 6.70. The smallest absolute Gasteiger partial charge is 0.0164 e. The molecule has 0 radical (unpaired) electrons. The molecule has 0 N–H and O–H groups in total. The summed E-state index contributed by atoms with van der Waals surface area (Å²) >= 11 is 0. The van der Waals surface area contributed by atoms with Crippen LogP contribution in [0.15, 0.2) is 35.5 Å². The van der Waals surface area contributed by atoms with Crippen molar-refractivity contribution in [3.8, 4) is 0 Å². The lowest BCUT2D eigenvalue weighted by atomic mass is 9.88. The third kappa shape index (κ3) is 3.95. The SMILES string of the molecule is CC(C)=CC/C=C(\C)C1CC=CCC1. The molecule has 1 aliphatic carbocycles. The van der Waals surface area contributed by atoms with Crippen molar-refractivity contribution >= 4 is 0 Å². The van der Waals surface area contributed by atoms with E-state index in [-0.39, 0.29) is 0 Å². The van der Waals surface area contributed by atoms with Gasteiger partial charge in [0.1, 0.15) is 0 Å². The van der Waals surface area contributed by atoms with Crippen molar-refractivity contribution in [3.05, 3.63) is 35.5 Å². The van der Waals surface area contributed by atoms with Crippen molar-refractivity contribution in [3.63, 3.8) is 0 Å². The highest BCUT2D eigenvalue weighted by molar-refractivity contribution is 5.11. The van der Waals surface area contributed by atoms with Crippen molar-refractivity contribution in [2.24, 2.45) is 5.92 Å². The minimum absolute atomic E-state index is 0.811. The molecule has 0 fully saturated rings. The van der Waals surface area contributed by atoms with Gasteiger partial charge in [0.25, 0.3) is 0 Å². The summed E-state index contributed by atoms with van der Waals surface area (Å²) in [5.41, 5.74) is 2.99. The van der Waals surface area contributed by atoms with Crippen LogP contribution in [0, 0.1) is 5.92 Å². The standard InChI is InChI=1S/C14H22/c1-12(2)8-7-9-13(3)14-10-5-4-6-11-14/h4-5,8-9,14H,6-7,10-11H2,1-3H3/b13-9+. The predicted octanol–water partition coefficient (Wildman–Crippen LogP) is 4.65. The Kier molecular flexibility index (Phi) is 4.72. The topological polar surface area (TPSA) is 0 Å². The largest absolute Gasteiger partial charge is 0.0885 e. The number of hydrogen-bond acceptors (Lipinski definition) is 0. The molecule has 0 amide bonds. The molecule has 0 heterocycles. The van der Waals surface area contributed by atoms with Crippen LogP contribution < -0.4 is 0 Å². The van der Waals surface area contributed by atoms with E-state index in [4.69, 9.17) is 0 Å². The molecule has 0 bridgehead atoms. The summed E-state index contributed by atoms with van der Waals surface area (Å²) in [5, 5.41) is 0. The maximum absolute atomic E-state index is 2.39. The molecule has 1 unspecified atom stereocenters. The minimum Gasteiger partial charge on any atom is -0.0885 e. The van der Waals surface area contributed by atoms with Gasteiger partial charge in [0.05, 0.1) is 0 Å². The normalized spacial score (nSPS) is 22.2. The van der Waals surface area contributed by atoms with Gasteiger partial charge in [-0.3, -0.25) is 0 Å². The van der Waals surface area contributed by atoms with Gasteiger partial charge >= 0.3 is 0 Å². The van der Waals surface area contributed by atoms with Crippen LogP contribution in [-0.2, 0) is 0 Å². The second kappa shape index (κ2) is 5.85. The van der Waals surface area contributed by atoms with Crippen LogP contribution in [0.1, 0.15) is 46.5 Å². The number of allylic oxidation sites excluding steroid dienone is 6. The van der Waals surface area contributed by atoms with Gasteiger partial charge < -0.3 is 0 Å². The Balaban J connectivity index is 2.43. The third-order valence-electron chi connectivity index (χ3n) is 2.88. The van der Waals surface area contributed by atoms with Gasteiger partial charge in [-0.15, -0.1) is 0 Å². The van der Waals surface area contributed by atoms with Crippen LogP contribution in [0.2, 0.25) is 0 Å². The molecular formula is C14H22. The first-order valence-corrected chi connectivity index (χ1v) is 5.65. The summed E-state index contributed by atoms with van der Waals surface area (Å²) in [4.78, 5) is 0. The highest BCUT2D eigenvalue weighted by Gasteiger charge is 2.10. The molecule has 0 saturated carbocycles. The van der Waals surface area contributed by atoms with Crippen LogP contribution in [0.3, 0.4) is 0 Å². The highest BCUT2D eigenvalue weighted by Crippen LogP contribution is 2.25. The van der Waals surface area contributed by atoms with E-state index in [1.54, 1.807) is 5.57 Å². The second-order valence-electron chi connectivity index (χ2n) is 4.45. The number of rotatable bonds is 3. The molecule has 0 aromatic heterocycles. The Morgan fingerprint density at radius 2 is 2.00 bits per heavy atom. The monoisotopic (exact) mass is 190 g/mol. The van der Waals surface area contributed by atoms with Crippen LogP contribution in [0.25, 0.3) is 0 Å². The summed E-state index contributed by atoms with van der Waals surface area (Å²) in [5.74, 6) is 0.811. The molecule has 0 heteroatoms. The Morgan fingerprint density at radius 1 is 1.21 bits per heavy atom. The Labute approximate surface area is 88.4 Å². The molecule has 14 heavy (non-hydrogen) atoms. The molecule has 0 aromatic rings. The summed E-state index contributed by atoms with van der Waals surface area (Å²) in [6, 6.07) is 0. The van der Waals surface area contributed by atoms with Crippen molar-refractivity contribution in [1.29, 1.82) is 0 Å². The van der Waals surface area contributed by atoms with Crippen LogP contribution in [0.5, 0.6) is 0 Å². The van der Waals surface area contributed by atoms with Crippen LogP contribution >= 0.6 is 0 Å². The van der Waals surface area contributed by atoms with Crippen molar-refractivity contribution in [1.82, 2.24) is 0 Å². The van der Waals surface area contributed by atoms with E-state index in [0.717, 1.165) is 12.3 Å². The predicted molar refractivity (Wildman–Crippen MR) is 64.3 cm³/mol. The van der Waals surface area contributed by atoms with Crippen LogP contribution in [-0.4, -0.2) is 0 Å². The zero-order valence-electron chi connectivity index (χ0n) is 9.72. The average Bonchev–Trinajstić information content (AvgIpc) is 2.18. The van der Waals surface area contributed by atoms with Crippen molar-refractivity contribution in [2.75, 3.05) is 0 Å². The van der Waals surface area contributed by atoms with Gasteiger partial charge in [0.15, 0.2) is 0 Å². The van der Waals surface area contributed by atoms with E-state index in [1.165, 1.54) is 24.8 Å². The maximum Gasteiger partial charge on any atom is -0.0164 e. The molecular weight excluding hydrogens is 168 g/mol. The Morgan fingerprint density at radius 3 is 2.57 bits per heavy atom. The summed E-state index contributed by atoms with van der Waals surface area (Å²) < 4.78 is 0. The first kappa shape index (κ1) is 11.3. The zero-order chi connectivity index (χ0) is 10.4. The molecule has 0 nitrogen and oxygen atoms in total. The van der Waals surface area contributed by atoms with Gasteiger partial charge in [-0.1, -0.05) is 35.5 Å². The van der Waals surface area contributed by atoms with E-state index >= 15 is 0 Å². The fourth-order valence-corrected chi connectivity index (χ4v) is 1.85. The molecule has 0 saturated heterocycles. The van der Waals surface area contributed by atoms with Gasteiger partial charge in [-0.2, -0.15) is 0 Å². The maximum atomic E-state index is 2.39. The van der Waals surface area contributed by atoms with E-state index in [2.05, 4.69) is 45.1 Å². The molecule has 1 atom stereocenters. The van der Waals surface area contributed by atoms with Gasteiger partial charge in [0, 0.05) is 0 Å². The fraction of sp³-hybridized carbons (Fsp3) is 0.571. The molecule has 78 valence electrons. The zero-order valence-corrected chi connectivity index (χ0v) is 9.72. The van der Waals surface area contributed by atoms with Crippen molar-refractivity contribution in [2.45, 2.75) is 46.5 Å². The summed E-state index contributed by atoms with van der Waals surface area (Å²) in [6.07, 6.45) is 14.3. The lowest BCUT2D eigenvalue weighted by Crippen LogP contribution is -2.03. The van der Waals surface area contributed by atoms with E-state index < -0.39 is 0 Å². The van der Waals surface area contributed by atoms with Crippen LogP contribution in [0.4, 0.5) is 0 Å². The quantitative estimate of drug-likeness (QED) is 0.568. The highest BCUT2D eigenvalue weighted by atomic mass is 14.2. The third-order valence-corrected chi connectivity index (χ3v) is 2.88. The molecule has 1 rings (SSSR count). The summed E-state index contributed by atoms with van der Waals surface area (Å²) in [7, 11) is 0. The molecule has 0 aromatic carbocycles. The molecule has 1 aliphatic rings. The molecule has 0 aliphatic heterocycles. The van der Waals surface area contributed by atoms with Gasteiger partial charge in [-0.25, -0.2) is 0 Å². The van der Waals surface area contributed by atoms with E-state index in [9.17, 15) is 0 Å². The van der Waals surface area contributed by atoms with Gasteiger partial charge in [0.2, 0.25) is 0 Å². The Bertz CT molecular complexity index is 249.